The molecule has 0 aromatic heterocycles. The number of carbonyl (C=O) groups excluding carboxylic acids is 1. The molecule has 16 heavy (non-hydrogen) atoms. The molecule has 1 aromatic carbocycles. The van der Waals surface area contributed by atoms with Crippen LogP contribution >= 0.6 is 0 Å². The molecule has 88 valence electrons. The summed E-state index contributed by atoms with van der Waals surface area (Å²) in [5.74, 6) is 0.305. The largest absolute Gasteiger partial charge is 0.493 e. The molecule has 1 rings (SSSR count). The van der Waals surface area contributed by atoms with Gasteiger partial charge in [-0.25, -0.2) is 9.18 Å². The number of carbonyl (C=O) groups is 1. The minimum Gasteiger partial charge on any atom is -0.493 e. The van der Waals surface area contributed by atoms with Gasteiger partial charge in [0.05, 0.1) is 19.8 Å². The molecule has 0 heterocycles. The van der Waals surface area contributed by atoms with E-state index in [1.54, 1.807) is 6.07 Å². The lowest BCUT2D eigenvalue weighted by Gasteiger charge is -2.10. The number of alkyl halides is 1. The maximum absolute atomic E-state index is 11.9. The van der Waals surface area contributed by atoms with E-state index in [0.717, 1.165) is 0 Å². The van der Waals surface area contributed by atoms with Gasteiger partial charge in [-0.1, -0.05) is 0 Å². The van der Waals surface area contributed by atoms with Crippen LogP contribution in [0, 0.1) is 0 Å². The Morgan fingerprint density at radius 3 is 2.62 bits per heavy atom. The average Bonchev–Trinajstić information content (AvgIpc) is 2.35. The van der Waals surface area contributed by atoms with Crippen LogP contribution in [0.3, 0.4) is 0 Å². The van der Waals surface area contributed by atoms with Gasteiger partial charge in [0.2, 0.25) is 0 Å². The summed E-state index contributed by atoms with van der Waals surface area (Å²) in [7, 11) is 2.74. The Kier molecular flexibility index (Phi) is 4.57. The third-order valence-electron chi connectivity index (χ3n) is 1.92. The molecule has 0 saturated carbocycles. The van der Waals surface area contributed by atoms with Crippen LogP contribution in [0.4, 0.5) is 4.39 Å². The van der Waals surface area contributed by atoms with Crippen molar-refractivity contribution in [2.75, 3.05) is 27.5 Å². The van der Waals surface area contributed by atoms with Gasteiger partial charge in [-0.3, -0.25) is 0 Å². The second kappa shape index (κ2) is 5.95. The molecule has 0 fully saturated rings. The predicted molar refractivity (Wildman–Crippen MR) is 55.8 cm³/mol. The average molecular weight is 228 g/mol. The minimum absolute atomic E-state index is 0.0477. The lowest BCUT2D eigenvalue weighted by Crippen LogP contribution is -2.04. The van der Waals surface area contributed by atoms with Crippen LogP contribution in [0.2, 0.25) is 0 Å². The molecule has 5 heteroatoms. The van der Waals surface area contributed by atoms with Crippen molar-refractivity contribution in [3.63, 3.8) is 0 Å². The Labute approximate surface area is 92.9 Å². The zero-order valence-corrected chi connectivity index (χ0v) is 9.16. The first kappa shape index (κ1) is 12.3. The van der Waals surface area contributed by atoms with E-state index in [1.807, 2.05) is 0 Å². The van der Waals surface area contributed by atoms with Crippen molar-refractivity contribution in [1.29, 1.82) is 0 Å². The second-order valence-corrected chi connectivity index (χ2v) is 2.89. The van der Waals surface area contributed by atoms with Crippen LogP contribution in [0.25, 0.3) is 0 Å². The van der Waals surface area contributed by atoms with Gasteiger partial charge in [-0.15, -0.1) is 0 Å². The Bertz CT molecular complexity index is 365. The van der Waals surface area contributed by atoms with Crippen molar-refractivity contribution in [2.45, 2.75) is 0 Å². The van der Waals surface area contributed by atoms with Crippen molar-refractivity contribution in [2.24, 2.45) is 0 Å². The maximum Gasteiger partial charge on any atom is 0.337 e. The summed E-state index contributed by atoms with van der Waals surface area (Å²) in [5.41, 5.74) is 0.354. The summed E-state index contributed by atoms with van der Waals surface area (Å²) in [4.78, 5) is 11.2. The molecule has 0 atom stereocenters. The third-order valence-corrected chi connectivity index (χ3v) is 1.92. The lowest BCUT2D eigenvalue weighted by molar-refractivity contribution is 0.0600. The Morgan fingerprint density at radius 2 is 2.06 bits per heavy atom. The molecule has 0 bridgehead atoms. The van der Waals surface area contributed by atoms with Crippen molar-refractivity contribution >= 4 is 5.97 Å². The molecule has 1 aromatic rings. The Balaban J connectivity index is 2.92. The van der Waals surface area contributed by atoms with Crippen LogP contribution < -0.4 is 9.47 Å². The van der Waals surface area contributed by atoms with E-state index in [9.17, 15) is 9.18 Å². The van der Waals surface area contributed by atoms with Gasteiger partial charge in [-0.05, 0) is 18.2 Å². The highest BCUT2D eigenvalue weighted by molar-refractivity contribution is 5.90. The maximum atomic E-state index is 11.9. The van der Waals surface area contributed by atoms with Crippen LogP contribution in [-0.4, -0.2) is 33.5 Å². The fourth-order valence-electron chi connectivity index (χ4n) is 1.18. The van der Waals surface area contributed by atoms with Gasteiger partial charge in [0.15, 0.2) is 11.5 Å². The van der Waals surface area contributed by atoms with E-state index in [2.05, 4.69) is 4.74 Å². The van der Waals surface area contributed by atoms with Crippen LogP contribution in [0.15, 0.2) is 18.2 Å². The molecule has 0 radical (unpaired) electrons. The lowest BCUT2D eigenvalue weighted by atomic mass is 10.2. The number of hydrogen-bond acceptors (Lipinski definition) is 4. The van der Waals surface area contributed by atoms with Gasteiger partial charge >= 0.3 is 5.97 Å². The topological polar surface area (TPSA) is 44.8 Å². The standard InChI is InChI=1S/C11H13FO4/c1-14-10-7-8(11(13)15-2)3-4-9(10)16-6-5-12/h3-4,7H,5-6H2,1-2H3. The van der Waals surface area contributed by atoms with E-state index in [4.69, 9.17) is 9.47 Å². The van der Waals surface area contributed by atoms with Crippen molar-refractivity contribution in [1.82, 2.24) is 0 Å². The van der Waals surface area contributed by atoms with Gasteiger partial charge in [0.25, 0.3) is 0 Å². The first-order valence-corrected chi connectivity index (χ1v) is 4.68. The SMILES string of the molecule is COC(=O)c1ccc(OCCF)c(OC)c1. The fraction of sp³-hybridized carbons (Fsp3) is 0.364. The number of benzene rings is 1. The zero-order chi connectivity index (χ0) is 12.0. The smallest absolute Gasteiger partial charge is 0.337 e. The summed E-state index contributed by atoms with van der Waals surface area (Å²) in [5, 5.41) is 0. The molecule has 0 aliphatic rings. The van der Waals surface area contributed by atoms with Gasteiger partial charge in [-0.2, -0.15) is 0 Å². The quantitative estimate of drug-likeness (QED) is 0.721. The van der Waals surface area contributed by atoms with E-state index in [-0.39, 0.29) is 6.61 Å². The van der Waals surface area contributed by atoms with E-state index in [0.29, 0.717) is 17.1 Å². The Hall–Kier alpha value is -1.78. The highest BCUT2D eigenvalue weighted by Gasteiger charge is 2.10. The fourth-order valence-corrected chi connectivity index (χ4v) is 1.18. The predicted octanol–water partition coefficient (Wildman–Crippen LogP) is 1.83. The highest BCUT2D eigenvalue weighted by atomic mass is 19.1. The molecule has 0 aliphatic carbocycles. The van der Waals surface area contributed by atoms with Crippen LogP contribution in [0.5, 0.6) is 11.5 Å². The summed E-state index contributed by atoms with van der Waals surface area (Å²) in [6.45, 7) is -0.629. The molecule has 4 nitrogen and oxygen atoms in total. The summed E-state index contributed by atoms with van der Waals surface area (Å²) in [6.07, 6.45) is 0. The first-order valence-electron chi connectivity index (χ1n) is 4.68. The highest BCUT2D eigenvalue weighted by Crippen LogP contribution is 2.28. The van der Waals surface area contributed by atoms with Gasteiger partial charge in [0.1, 0.15) is 13.3 Å². The van der Waals surface area contributed by atoms with E-state index in [1.165, 1.54) is 26.4 Å². The monoisotopic (exact) mass is 228 g/mol. The third kappa shape index (κ3) is 2.85. The molecular formula is C11H13FO4. The number of methoxy groups -OCH3 is 2. The minimum atomic E-state index is -0.581. The molecular weight excluding hydrogens is 215 g/mol. The summed E-state index contributed by atoms with van der Waals surface area (Å²) >= 11 is 0. The molecule has 0 saturated heterocycles. The van der Waals surface area contributed by atoms with E-state index < -0.39 is 12.6 Å². The summed E-state index contributed by atoms with van der Waals surface area (Å²) in [6, 6.07) is 4.56. The van der Waals surface area contributed by atoms with Gasteiger partial charge < -0.3 is 14.2 Å². The normalized spacial score (nSPS) is 9.69. The van der Waals surface area contributed by atoms with Crippen LogP contribution in [-0.2, 0) is 4.74 Å². The first-order chi connectivity index (χ1) is 7.72. The summed E-state index contributed by atoms with van der Waals surface area (Å²) < 4.78 is 26.6. The molecule has 0 unspecified atom stereocenters. The number of rotatable bonds is 5. The number of ether oxygens (including phenoxy) is 3. The molecule has 0 amide bonds. The second-order valence-electron chi connectivity index (χ2n) is 2.89. The number of halogens is 1. The molecule has 0 aliphatic heterocycles. The van der Waals surface area contributed by atoms with Crippen LogP contribution in [0.1, 0.15) is 10.4 Å². The number of hydrogen-bond donors (Lipinski definition) is 0. The van der Waals surface area contributed by atoms with E-state index >= 15 is 0 Å². The van der Waals surface area contributed by atoms with Crippen molar-refractivity contribution in [3.05, 3.63) is 23.8 Å². The Morgan fingerprint density at radius 1 is 1.31 bits per heavy atom. The number of esters is 1. The van der Waals surface area contributed by atoms with Crippen molar-refractivity contribution < 1.29 is 23.4 Å². The van der Waals surface area contributed by atoms with Gasteiger partial charge in [0, 0.05) is 0 Å². The molecule has 0 N–H and O–H groups in total. The zero-order valence-electron chi connectivity index (χ0n) is 9.16. The van der Waals surface area contributed by atoms with Crippen molar-refractivity contribution in [3.8, 4) is 11.5 Å². The molecule has 0 spiro atoms.